The van der Waals surface area contributed by atoms with E-state index in [0.717, 1.165) is 38.5 Å². The van der Waals surface area contributed by atoms with Crippen LogP contribution in [0.3, 0.4) is 0 Å². The highest BCUT2D eigenvalue weighted by molar-refractivity contribution is 5.80. The van der Waals surface area contributed by atoms with Gasteiger partial charge < -0.3 is 25.7 Å². The molecular weight excluding hydrogens is 947 g/mol. The Kier molecular flexibility index (Phi) is 64.1. The van der Waals surface area contributed by atoms with E-state index in [1.807, 2.05) is 0 Å². The van der Waals surface area contributed by atoms with E-state index in [1.54, 1.807) is 0 Å². The lowest BCUT2D eigenvalue weighted by Crippen LogP contribution is -2.53. The lowest BCUT2D eigenvalue weighted by molar-refractivity contribution is -0.132. The van der Waals surface area contributed by atoms with Crippen LogP contribution in [0.2, 0.25) is 0 Å². The number of unbranched alkanes of at least 4 members (excludes halogenated alkanes) is 50. The normalized spacial score (nSPS) is 13.7. The van der Waals surface area contributed by atoms with Crippen molar-refractivity contribution in [2.24, 2.45) is 0 Å². The van der Waals surface area contributed by atoms with Gasteiger partial charge in [-0.15, -0.1) is 0 Å². The molecule has 0 aromatic heterocycles. The Morgan fingerprint density at radius 1 is 0.312 bits per heavy atom. The molecule has 0 fully saturated rings. The molecule has 77 heavy (non-hydrogen) atoms. The third kappa shape index (κ3) is 59.0. The summed E-state index contributed by atoms with van der Waals surface area (Å²) in [4.78, 5) is 12.6. The number of rotatable bonds is 65. The summed E-state index contributed by atoms with van der Waals surface area (Å²) < 4.78 is 0. The highest BCUT2D eigenvalue weighted by Gasteiger charge is 2.28. The monoisotopic (exact) mass is 1080 g/mol. The molecule has 5 N–H and O–H groups in total. The van der Waals surface area contributed by atoms with Crippen LogP contribution in [0.25, 0.3) is 0 Å². The number of hydrogen-bond acceptors (Lipinski definition) is 5. The van der Waals surface area contributed by atoms with Crippen molar-refractivity contribution in [2.45, 2.75) is 404 Å². The number of hydrogen-bond donors (Lipinski definition) is 5. The number of carbonyl (C=O) groups excluding carboxylic acids is 1. The first-order valence-electron chi connectivity index (χ1n) is 34.9. The molecule has 0 aromatic carbocycles. The average molecular weight is 1080 g/mol. The van der Waals surface area contributed by atoms with Gasteiger partial charge in [-0.1, -0.05) is 339 Å². The summed E-state index contributed by atoms with van der Waals surface area (Å²) in [6, 6.07) is -1.01. The van der Waals surface area contributed by atoms with E-state index < -0.39 is 36.9 Å². The van der Waals surface area contributed by atoms with Crippen LogP contribution in [0.4, 0.5) is 0 Å². The predicted octanol–water partition coefficient (Wildman–Crippen LogP) is 21.5. The van der Waals surface area contributed by atoms with Gasteiger partial charge in [-0.25, -0.2) is 0 Å². The highest BCUT2D eigenvalue weighted by Crippen LogP contribution is 2.19. The number of amides is 1. The zero-order valence-corrected chi connectivity index (χ0v) is 52.0. The molecule has 0 aliphatic carbocycles. The molecular formula is C71H137NO5. The Labute approximate surface area is 481 Å². The summed E-state index contributed by atoms with van der Waals surface area (Å²) in [7, 11) is 0. The predicted molar refractivity (Wildman–Crippen MR) is 339 cm³/mol. The molecule has 0 bridgehead atoms. The minimum Gasteiger partial charge on any atom is -0.394 e. The lowest BCUT2D eigenvalue weighted by Gasteiger charge is -2.27. The van der Waals surface area contributed by atoms with Crippen molar-refractivity contribution in [1.82, 2.24) is 5.32 Å². The molecule has 1 amide bonds. The van der Waals surface area contributed by atoms with Crippen molar-refractivity contribution in [1.29, 1.82) is 0 Å². The third-order valence-corrected chi connectivity index (χ3v) is 16.6. The number of aliphatic hydroxyl groups excluding tert-OH is 4. The summed E-state index contributed by atoms with van der Waals surface area (Å²) in [6.07, 6.45) is 84.2. The minimum absolute atomic E-state index is 0.362. The summed E-state index contributed by atoms with van der Waals surface area (Å²) in [5, 5.41) is 44.1. The number of nitrogens with one attached hydrogen (secondary N) is 1. The van der Waals surface area contributed by atoms with Gasteiger partial charge in [0, 0.05) is 0 Å². The van der Waals surface area contributed by atoms with E-state index in [9.17, 15) is 25.2 Å². The maximum absolute atomic E-state index is 12.6. The standard InChI is InChI=1S/C71H137NO5/c1-3-5-7-9-11-13-15-17-19-21-23-25-27-28-29-30-31-32-33-34-35-36-37-38-39-40-41-43-45-47-49-51-53-55-57-59-61-63-65-69(75)71(77)72-67(66-73)70(76)68(74)64-62-60-58-56-54-52-50-48-46-44-42-26-24-22-20-18-16-14-12-10-8-6-4-2/h34-35,48,50,56,58,67-70,73-76H,3-33,36-47,49,51-55,57,59-66H2,1-2H3,(H,72,77)/b35-34-,50-48+,58-56+. The van der Waals surface area contributed by atoms with Crippen molar-refractivity contribution in [3.63, 3.8) is 0 Å². The largest absolute Gasteiger partial charge is 0.394 e. The second-order valence-electron chi connectivity index (χ2n) is 24.2. The lowest BCUT2D eigenvalue weighted by atomic mass is 10.00. The Bertz CT molecular complexity index is 1220. The van der Waals surface area contributed by atoms with Crippen LogP contribution in [0.15, 0.2) is 36.5 Å². The van der Waals surface area contributed by atoms with Crippen LogP contribution in [0.5, 0.6) is 0 Å². The van der Waals surface area contributed by atoms with Crippen molar-refractivity contribution >= 4 is 5.91 Å². The molecule has 0 aliphatic rings. The van der Waals surface area contributed by atoms with E-state index in [1.165, 1.54) is 308 Å². The molecule has 0 rings (SSSR count). The molecule has 0 saturated carbocycles. The first-order valence-corrected chi connectivity index (χ1v) is 34.9. The molecule has 0 aliphatic heterocycles. The Balaban J connectivity index is 3.55. The smallest absolute Gasteiger partial charge is 0.249 e. The van der Waals surface area contributed by atoms with Gasteiger partial charge in [-0.2, -0.15) is 0 Å². The molecule has 6 heteroatoms. The summed E-state index contributed by atoms with van der Waals surface area (Å²) in [5.74, 6) is -0.592. The fourth-order valence-electron chi connectivity index (χ4n) is 11.1. The molecule has 4 unspecified atom stereocenters. The fraction of sp³-hybridized carbons (Fsp3) is 0.901. The topological polar surface area (TPSA) is 110 Å². The Hall–Kier alpha value is -1.47. The summed E-state index contributed by atoms with van der Waals surface area (Å²) in [6.45, 7) is 4.09. The van der Waals surface area contributed by atoms with Gasteiger partial charge in [0.05, 0.1) is 18.8 Å². The Morgan fingerprint density at radius 2 is 0.545 bits per heavy atom. The van der Waals surface area contributed by atoms with E-state index >= 15 is 0 Å². The van der Waals surface area contributed by atoms with Crippen LogP contribution in [0.1, 0.15) is 380 Å². The van der Waals surface area contributed by atoms with Crippen LogP contribution in [-0.4, -0.2) is 57.3 Å². The van der Waals surface area contributed by atoms with E-state index in [2.05, 4.69) is 55.6 Å². The summed E-state index contributed by atoms with van der Waals surface area (Å²) >= 11 is 0. The molecule has 0 heterocycles. The summed E-state index contributed by atoms with van der Waals surface area (Å²) in [5.41, 5.74) is 0. The quantitative estimate of drug-likeness (QED) is 0.0308. The number of carbonyl (C=O) groups is 1. The van der Waals surface area contributed by atoms with Crippen molar-refractivity contribution in [3.05, 3.63) is 36.5 Å². The zero-order chi connectivity index (χ0) is 55.8. The van der Waals surface area contributed by atoms with Gasteiger partial charge in [0.1, 0.15) is 12.2 Å². The molecule has 456 valence electrons. The van der Waals surface area contributed by atoms with Crippen molar-refractivity contribution in [2.75, 3.05) is 6.61 Å². The fourth-order valence-corrected chi connectivity index (χ4v) is 11.1. The second kappa shape index (κ2) is 65.3. The van der Waals surface area contributed by atoms with Crippen LogP contribution < -0.4 is 5.32 Å². The van der Waals surface area contributed by atoms with E-state index in [4.69, 9.17) is 0 Å². The first-order chi connectivity index (χ1) is 38.0. The van der Waals surface area contributed by atoms with Crippen LogP contribution in [-0.2, 0) is 4.79 Å². The molecule has 0 radical (unpaired) electrons. The van der Waals surface area contributed by atoms with Gasteiger partial charge in [-0.3, -0.25) is 4.79 Å². The van der Waals surface area contributed by atoms with E-state index in [0.29, 0.717) is 19.3 Å². The van der Waals surface area contributed by atoms with Gasteiger partial charge in [-0.05, 0) is 77.0 Å². The molecule has 0 saturated heterocycles. The van der Waals surface area contributed by atoms with Gasteiger partial charge >= 0.3 is 0 Å². The number of aliphatic hydroxyl groups is 4. The van der Waals surface area contributed by atoms with Gasteiger partial charge in [0.15, 0.2) is 0 Å². The first kappa shape index (κ1) is 75.5. The van der Waals surface area contributed by atoms with E-state index in [-0.39, 0.29) is 0 Å². The van der Waals surface area contributed by atoms with Crippen molar-refractivity contribution < 1.29 is 25.2 Å². The third-order valence-electron chi connectivity index (χ3n) is 16.6. The second-order valence-corrected chi connectivity index (χ2v) is 24.2. The minimum atomic E-state index is -1.29. The maximum atomic E-state index is 12.6. The average Bonchev–Trinajstić information content (AvgIpc) is 3.43. The van der Waals surface area contributed by atoms with Gasteiger partial charge in [0.2, 0.25) is 5.91 Å². The SMILES string of the molecule is CCCCCCCCCCCCCCCC/C=C/CC/C=C/CCCC(O)C(O)C(CO)NC(=O)C(O)CCCCCCCCCCCCCCCCCC/C=C\CCCCCCCCCCCCCCCCCCCC. The molecule has 0 aromatic rings. The van der Waals surface area contributed by atoms with Crippen LogP contribution in [0, 0.1) is 0 Å². The van der Waals surface area contributed by atoms with Crippen molar-refractivity contribution in [3.8, 4) is 0 Å². The molecule has 4 atom stereocenters. The number of allylic oxidation sites excluding steroid dienone is 6. The highest BCUT2D eigenvalue weighted by atomic mass is 16.3. The molecule has 6 nitrogen and oxygen atoms in total. The maximum Gasteiger partial charge on any atom is 0.249 e. The van der Waals surface area contributed by atoms with Gasteiger partial charge in [0.25, 0.3) is 0 Å². The van der Waals surface area contributed by atoms with Crippen LogP contribution >= 0.6 is 0 Å². The Morgan fingerprint density at radius 3 is 0.818 bits per heavy atom. The zero-order valence-electron chi connectivity index (χ0n) is 52.0. The molecule has 0 spiro atoms.